The molecule has 0 spiro atoms. The lowest BCUT2D eigenvalue weighted by Gasteiger charge is -2.32. The van der Waals surface area contributed by atoms with E-state index in [0.717, 1.165) is 19.3 Å². The largest absolute Gasteiger partial charge is 0.481 e. The van der Waals surface area contributed by atoms with Crippen molar-refractivity contribution < 1.29 is 14.6 Å². The number of hydrogen-bond acceptors (Lipinski definition) is 2. The van der Waals surface area contributed by atoms with Crippen LogP contribution in [0.1, 0.15) is 39.5 Å². The standard InChI is InChI=1S/C11H21BrO3/c1-4-5-6-7-9(10(13)14)11(2,8-12)15-3/h9H,4-8H2,1-3H3,(H,13,14). The van der Waals surface area contributed by atoms with Crippen LogP contribution in [0.5, 0.6) is 0 Å². The van der Waals surface area contributed by atoms with Gasteiger partial charge >= 0.3 is 5.97 Å². The molecule has 4 heteroatoms. The first-order valence-electron chi connectivity index (χ1n) is 5.35. The second-order valence-electron chi connectivity index (χ2n) is 4.04. The van der Waals surface area contributed by atoms with Crippen LogP contribution in [0.25, 0.3) is 0 Å². The van der Waals surface area contributed by atoms with Crippen molar-refractivity contribution in [2.45, 2.75) is 45.1 Å². The second-order valence-corrected chi connectivity index (χ2v) is 4.60. The van der Waals surface area contributed by atoms with Gasteiger partial charge in [-0.15, -0.1) is 0 Å². The molecule has 0 aromatic carbocycles. The van der Waals surface area contributed by atoms with Crippen molar-refractivity contribution in [2.24, 2.45) is 5.92 Å². The van der Waals surface area contributed by atoms with Crippen molar-refractivity contribution in [3.63, 3.8) is 0 Å². The van der Waals surface area contributed by atoms with Crippen LogP contribution in [-0.2, 0) is 9.53 Å². The number of halogens is 1. The summed E-state index contributed by atoms with van der Waals surface area (Å²) in [5.74, 6) is -1.21. The van der Waals surface area contributed by atoms with E-state index in [9.17, 15) is 4.79 Å². The molecule has 0 radical (unpaired) electrons. The van der Waals surface area contributed by atoms with Crippen molar-refractivity contribution in [1.82, 2.24) is 0 Å². The van der Waals surface area contributed by atoms with E-state index in [-0.39, 0.29) is 0 Å². The number of hydrogen-bond donors (Lipinski definition) is 1. The molecule has 3 nitrogen and oxygen atoms in total. The molecule has 0 fully saturated rings. The normalized spacial score (nSPS) is 17.1. The molecule has 0 heterocycles. The number of carboxylic acid groups (broad SMARTS) is 1. The van der Waals surface area contributed by atoms with Gasteiger partial charge in [0.25, 0.3) is 0 Å². The first kappa shape index (κ1) is 14.9. The Kier molecular flexibility index (Phi) is 7.18. The van der Waals surface area contributed by atoms with Crippen molar-refractivity contribution in [3.8, 4) is 0 Å². The minimum Gasteiger partial charge on any atom is -0.481 e. The number of rotatable bonds is 8. The third-order valence-corrected chi connectivity index (χ3v) is 3.98. The summed E-state index contributed by atoms with van der Waals surface area (Å²) < 4.78 is 5.31. The molecule has 1 N–H and O–H groups in total. The summed E-state index contributed by atoms with van der Waals surface area (Å²) in [7, 11) is 1.57. The lowest BCUT2D eigenvalue weighted by atomic mass is 9.86. The first-order valence-corrected chi connectivity index (χ1v) is 6.48. The molecule has 0 amide bonds. The summed E-state index contributed by atoms with van der Waals surface area (Å²) in [5, 5.41) is 9.71. The Bertz CT molecular complexity index is 190. The summed E-state index contributed by atoms with van der Waals surface area (Å²) in [6.07, 6.45) is 3.80. The molecule has 0 aromatic heterocycles. The molecule has 0 bridgehead atoms. The molecule has 0 aromatic rings. The van der Waals surface area contributed by atoms with Crippen LogP contribution >= 0.6 is 15.9 Å². The highest BCUT2D eigenvalue weighted by atomic mass is 79.9. The van der Waals surface area contributed by atoms with Gasteiger partial charge in [0, 0.05) is 12.4 Å². The van der Waals surface area contributed by atoms with E-state index in [2.05, 4.69) is 22.9 Å². The summed E-state index contributed by atoms with van der Waals surface area (Å²) in [5.41, 5.74) is -0.612. The van der Waals surface area contributed by atoms with Gasteiger partial charge in [0.05, 0.1) is 11.5 Å². The van der Waals surface area contributed by atoms with Gasteiger partial charge < -0.3 is 9.84 Å². The number of aliphatic carboxylic acids is 1. The maximum Gasteiger partial charge on any atom is 0.309 e. The molecule has 0 rings (SSSR count). The number of carboxylic acids is 1. The molecular formula is C11H21BrO3. The molecule has 0 aliphatic carbocycles. The van der Waals surface area contributed by atoms with Gasteiger partial charge in [0.2, 0.25) is 0 Å². The van der Waals surface area contributed by atoms with Gasteiger partial charge in [-0.2, -0.15) is 0 Å². The average molecular weight is 281 g/mol. The van der Waals surface area contributed by atoms with E-state index in [1.807, 2.05) is 6.92 Å². The van der Waals surface area contributed by atoms with Crippen LogP contribution in [0.3, 0.4) is 0 Å². The highest BCUT2D eigenvalue weighted by molar-refractivity contribution is 9.09. The maximum atomic E-state index is 11.2. The molecule has 90 valence electrons. The van der Waals surface area contributed by atoms with Crippen molar-refractivity contribution in [3.05, 3.63) is 0 Å². The number of unbranched alkanes of at least 4 members (excludes halogenated alkanes) is 2. The Morgan fingerprint density at radius 3 is 2.47 bits per heavy atom. The van der Waals surface area contributed by atoms with Gasteiger partial charge in [-0.3, -0.25) is 4.79 Å². The van der Waals surface area contributed by atoms with Crippen molar-refractivity contribution in [1.29, 1.82) is 0 Å². The Balaban J connectivity index is 4.43. The molecule has 0 aliphatic rings. The van der Waals surface area contributed by atoms with E-state index in [1.54, 1.807) is 7.11 Å². The van der Waals surface area contributed by atoms with Gasteiger partial charge in [-0.1, -0.05) is 42.1 Å². The van der Waals surface area contributed by atoms with Crippen LogP contribution < -0.4 is 0 Å². The van der Waals surface area contributed by atoms with Crippen LogP contribution in [-0.4, -0.2) is 29.1 Å². The fourth-order valence-corrected chi connectivity index (χ4v) is 2.20. The smallest absolute Gasteiger partial charge is 0.309 e. The van der Waals surface area contributed by atoms with Crippen LogP contribution in [0.15, 0.2) is 0 Å². The van der Waals surface area contributed by atoms with Gasteiger partial charge in [0.15, 0.2) is 0 Å². The third kappa shape index (κ3) is 4.51. The molecule has 15 heavy (non-hydrogen) atoms. The van der Waals surface area contributed by atoms with Crippen molar-refractivity contribution >= 4 is 21.9 Å². The van der Waals surface area contributed by atoms with Crippen LogP contribution in [0.4, 0.5) is 0 Å². The zero-order valence-corrected chi connectivity index (χ0v) is 11.3. The molecular weight excluding hydrogens is 260 g/mol. The molecule has 0 aliphatic heterocycles. The number of ether oxygens (including phenoxy) is 1. The Morgan fingerprint density at radius 1 is 1.53 bits per heavy atom. The highest BCUT2D eigenvalue weighted by Crippen LogP contribution is 2.28. The predicted molar refractivity (Wildman–Crippen MR) is 64.5 cm³/mol. The predicted octanol–water partition coefficient (Wildman–Crippen LogP) is 3.07. The summed E-state index contributed by atoms with van der Waals surface area (Å²) >= 11 is 3.32. The molecule has 0 saturated heterocycles. The monoisotopic (exact) mass is 280 g/mol. The van der Waals surface area contributed by atoms with E-state index < -0.39 is 17.5 Å². The van der Waals surface area contributed by atoms with E-state index >= 15 is 0 Å². The van der Waals surface area contributed by atoms with Crippen LogP contribution in [0, 0.1) is 5.92 Å². The quantitative estimate of drug-likeness (QED) is 0.549. The minimum atomic E-state index is -0.769. The molecule has 0 saturated carbocycles. The van der Waals surface area contributed by atoms with Crippen molar-refractivity contribution in [2.75, 3.05) is 12.4 Å². The fourth-order valence-electron chi connectivity index (χ4n) is 1.58. The Labute approximate surface area is 100 Å². The lowest BCUT2D eigenvalue weighted by Crippen LogP contribution is -2.43. The number of methoxy groups -OCH3 is 1. The summed E-state index contributed by atoms with van der Waals surface area (Å²) in [4.78, 5) is 11.2. The Morgan fingerprint density at radius 2 is 2.13 bits per heavy atom. The maximum absolute atomic E-state index is 11.2. The summed E-state index contributed by atoms with van der Waals surface area (Å²) in [6, 6.07) is 0. The average Bonchev–Trinajstić information content (AvgIpc) is 2.23. The second kappa shape index (κ2) is 7.23. The lowest BCUT2D eigenvalue weighted by molar-refractivity contribution is -0.152. The minimum absolute atomic E-state index is 0.437. The topological polar surface area (TPSA) is 46.5 Å². The van der Waals surface area contributed by atoms with Gasteiger partial charge in [-0.25, -0.2) is 0 Å². The SMILES string of the molecule is CCCCCC(C(=O)O)C(C)(CBr)OC. The zero-order chi connectivity index (χ0) is 11.9. The third-order valence-electron chi connectivity index (χ3n) is 2.86. The molecule has 2 atom stereocenters. The van der Waals surface area contributed by atoms with E-state index in [1.165, 1.54) is 0 Å². The van der Waals surface area contributed by atoms with Crippen LogP contribution in [0.2, 0.25) is 0 Å². The Hall–Kier alpha value is -0.0900. The van der Waals surface area contributed by atoms with E-state index in [4.69, 9.17) is 9.84 Å². The zero-order valence-electron chi connectivity index (χ0n) is 9.75. The highest BCUT2D eigenvalue weighted by Gasteiger charge is 2.38. The van der Waals surface area contributed by atoms with Gasteiger partial charge in [-0.05, 0) is 13.3 Å². The first-order chi connectivity index (χ1) is 7.01. The van der Waals surface area contributed by atoms with Gasteiger partial charge in [0.1, 0.15) is 0 Å². The fraction of sp³-hybridized carbons (Fsp3) is 0.909. The molecule has 2 unspecified atom stereocenters. The summed E-state index contributed by atoms with van der Waals surface area (Å²) in [6.45, 7) is 3.95. The number of alkyl halides is 1. The number of carbonyl (C=O) groups is 1. The van der Waals surface area contributed by atoms with E-state index in [0.29, 0.717) is 11.8 Å².